The minimum absolute atomic E-state index is 0.143. The van der Waals surface area contributed by atoms with Crippen LogP contribution < -0.4 is 10.2 Å². The summed E-state index contributed by atoms with van der Waals surface area (Å²) in [7, 11) is 5.28. The first-order valence-corrected chi connectivity index (χ1v) is 5.00. The highest BCUT2D eigenvalue weighted by Gasteiger charge is 2.09. The molecular formula is C11H14N4O. The van der Waals surface area contributed by atoms with Gasteiger partial charge in [0.15, 0.2) is 0 Å². The zero-order chi connectivity index (χ0) is 11.7. The summed E-state index contributed by atoms with van der Waals surface area (Å²) in [6.45, 7) is 0. The third-order valence-electron chi connectivity index (χ3n) is 2.61. The Morgan fingerprint density at radius 1 is 1.50 bits per heavy atom. The number of hydrogen-bond donors (Lipinski definition) is 1. The Morgan fingerprint density at radius 3 is 2.94 bits per heavy atom. The fraction of sp³-hybridized carbons (Fsp3) is 0.273. The Labute approximate surface area is 93.7 Å². The van der Waals surface area contributed by atoms with Crippen molar-refractivity contribution < 1.29 is 4.79 Å². The van der Waals surface area contributed by atoms with Gasteiger partial charge in [-0.25, -0.2) is 9.78 Å². The molecule has 1 aromatic carbocycles. The van der Waals surface area contributed by atoms with Crippen molar-refractivity contribution in [3.05, 3.63) is 24.5 Å². The molecule has 2 amide bonds. The zero-order valence-corrected chi connectivity index (χ0v) is 9.56. The van der Waals surface area contributed by atoms with Gasteiger partial charge in [0.2, 0.25) is 0 Å². The fourth-order valence-electron chi connectivity index (χ4n) is 1.62. The summed E-state index contributed by atoms with van der Waals surface area (Å²) in [5.41, 5.74) is 2.76. The molecule has 0 aliphatic rings. The van der Waals surface area contributed by atoms with Crippen LogP contribution in [0.5, 0.6) is 0 Å². The van der Waals surface area contributed by atoms with Gasteiger partial charge in [-0.05, 0) is 18.2 Å². The van der Waals surface area contributed by atoms with Crippen LogP contribution in [-0.2, 0) is 7.05 Å². The molecule has 0 saturated carbocycles. The highest BCUT2D eigenvalue weighted by molar-refractivity contribution is 5.93. The Hall–Kier alpha value is -2.04. The van der Waals surface area contributed by atoms with Gasteiger partial charge in [-0.15, -0.1) is 0 Å². The second-order valence-electron chi connectivity index (χ2n) is 3.64. The molecule has 1 N–H and O–H groups in total. The molecule has 5 heteroatoms. The molecule has 1 aromatic heterocycles. The molecule has 0 saturated heterocycles. The van der Waals surface area contributed by atoms with E-state index in [1.807, 2.05) is 29.8 Å². The number of anilines is 1. The predicted octanol–water partition coefficient (Wildman–Crippen LogP) is 1.35. The van der Waals surface area contributed by atoms with Crippen molar-refractivity contribution >= 4 is 22.8 Å². The number of hydrogen-bond acceptors (Lipinski definition) is 2. The van der Waals surface area contributed by atoms with E-state index in [2.05, 4.69) is 10.3 Å². The number of carbonyl (C=O) groups excluding carboxylic acids is 1. The zero-order valence-electron chi connectivity index (χ0n) is 9.56. The molecule has 0 bridgehead atoms. The van der Waals surface area contributed by atoms with E-state index in [1.165, 1.54) is 0 Å². The van der Waals surface area contributed by atoms with E-state index in [0.29, 0.717) is 0 Å². The molecule has 16 heavy (non-hydrogen) atoms. The van der Waals surface area contributed by atoms with Crippen molar-refractivity contribution in [1.82, 2.24) is 14.9 Å². The summed E-state index contributed by atoms with van der Waals surface area (Å²) in [6, 6.07) is 5.61. The summed E-state index contributed by atoms with van der Waals surface area (Å²) in [5.74, 6) is 0. The van der Waals surface area contributed by atoms with Gasteiger partial charge in [0.1, 0.15) is 0 Å². The Balaban J connectivity index is 2.43. The molecule has 0 atom stereocenters. The number of fused-ring (bicyclic) bond motifs is 1. The number of nitrogens with one attached hydrogen (secondary N) is 1. The SMILES string of the molecule is CNC(=O)N(C)c1ccc2c(c1)ncn2C. The maximum Gasteiger partial charge on any atom is 0.321 e. The summed E-state index contributed by atoms with van der Waals surface area (Å²) in [6.07, 6.45) is 1.76. The number of amides is 2. The van der Waals surface area contributed by atoms with Crippen LogP contribution >= 0.6 is 0 Å². The second-order valence-corrected chi connectivity index (χ2v) is 3.64. The molecule has 0 radical (unpaired) electrons. The van der Waals surface area contributed by atoms with Crippen LogP contribution in [0.4, 0.5) is 10.5 Å². The Morgan fingerprint density at radius 2 is 2.25 bits per heavy atom. The number of benzene rings is 1. The lowest BCUT2D eigenvalue weighted by atomic mass is 10.2. The first-order valence-electron chi connectivity index (χ1n) is 5.00. The molecule has 0 aliphatic carbocycles. The average molecular weight is 218 g/mol. The molecule has 0 fully saturated rings. The predicted molar refractivity (Wildman–Crippen MR) is 63.6 cm³/mol. The van der Waals surface area contributed by atoms with E-state index in [0.717, 1.165) is 16.7 Å². The van der Waals surface area contributed by atoms with Gasteiger partial charge in [-0.2, -0.15) is 0 Å². The largest absolute Gasteiger partial charge is 0.341 e. The first-order chi connectivity index (χ1) is 7.63. The van der Waals surface area contributed by atoms with Crippen molar-refractivity contribution in [2.24, 2.45) is 7.05 Å². The fourth-order valence-corrected chi connectivity index (χ4v) is 1.62. The van der Waals surface area contributed by atoms with Crippen molar-refractivity contribution in [3.63, 3.8) is 0 Å². The van der Waals surface area contributed by atoms with Gasteiger partial charge in [-0.1, -0.05) is 0 Å². The molecule has 2 rings (SSSR count). The van der Waals surface area contributed by atoms with Crippen molar-refractivity contribution in [2.45, 2.75) is 0 Å². The Bertz CT molecular complexity index is 532. The van der Waals surface area contributed by atoms with Crippen LogP contribution in [0, 0.1) is 0 Å². The van der Waals surface area contributed by atoms with E-state index < -0.39 is 0 Å². The molecule has 1 heterocycles. The molecule has 84 valence electrons. The highest BCUT2D eigenvalue weighted by Crippen LogP contribution is 2.19. The minimum Gasteiger partial charge on any atom is -0.341 e. The van der Waals surface area contributed by atoms with E-state index >= 15 is 0 Å². The van der Waals surface area contributed by atoms with Crippen LogP contribution in [0.25, 0.3) is 11.0 Å². The number of carbonyl (C=O) groups is 1. The second kappa shape index (κ2) is 3.84. The van der Waals surface area contributed by atoms with Gasteiger partial charge in [0, 0.05) is 26.8 Å². The molecule has 0 aliphatic heterocycles. The van der Waals surface area contributed by atoms with E-state index in [1.54, 1.807) is 25.3 Å². The van der Waals surface area contributed by atoms with Crippen LogP contribution in [-0.4, -0.2) is 29.7 Å². The van der Waals surface area contributed by atoms with Gasteiger partial charge in [-0.3, -0.25) is 4.90 Å². The van der Waals surface area contributed by atoms with E-state index in [9.17, 15) is 4.79 Å². The van der Waals surface area contributed by atoms with Crippen LogP contribution in [0.3, 0.4) is 0 Å². The number of urea groups is 1. The monoisotopic (exact) mass is 218 g/mol. The lowest BCUT2D eigenvalue weighted by molar-refractivity contribution is 0.249. The molecule has 2 aromatic rings. The standard InChI is InChI=1S/C11H14N4O/c1-12-11(16)15(3)8-4-5-10-9(6-8)13-7-14(10)2/h4-7H,1-3H3,(H,12,16). The van der Waals surface area contributed by atoms with Gasteiger partial charge in [0.25, 0.3) is 0 Å². The lowest BCUT2D eigenvalue weighted by Crippen LogP contribution is -2.34. The van der Waals surface area contributed by atoms with Crippen LogP contribution in [0.1, 0.15) is 0 Å². The summed E-state index contributed by atoms with van der Waals surface area (Å²) in [4.78, 5) is 17.2. The molecular weight excluding hydrogens is 204 g/mol. The maximum atomic E-state index is 11.4. The minimum atomic E-state index is -0.143. The summed E-state index contributed by atoms with van der Waals surface area (Å²) < 4.78 is 1.94. The normalized spacial score (nSPS) is 10.4. The van der Waals surface area contributed by atoms with Crippen molar-refractivity contribution in [2.75, 3.05) is 19.0 Å². The average Bonchev–Trinajstić information content (AvgIpc) is 2.68. The highest BCUT2D eigenvalue weighted by atomic mass is 16.2. The quantitative estimate of drug-likeness (QED) is 0.785. The lowest BCUT2D eigenvalue weighted by Gasteiger charge is -2.16. The first kappa shape index (κ1) is 10.5. The third kappa shape index (κ3) is 1.60. The summed E-state index contributed by atoms with van der Waals surface area (Å²) >= 11 is 0. The van der Waals surface area contributed by atoms with Gasteiger partial charge >= 0.3 is 6.03 Å². The number of imidazole rings is 1. The van der Waals surface area contributed by atoms with Crippen molar-refractivity contribution in [1.29, 1.82) is 0 Å². The van der Waals surface area contributed by atoms with Crippen LogP contribution in [0.2, 0.25) is 0 Å². The van der Waals surface area contributed by atoms with E-state index in [-0.39, 0.29) is 6.03 Å². The van der Waals surface area contributed by atoms with Gasteiger partial charge < -0.3 is 9.88 Å². The molecule has 5 nitrogen and oxygen atoms in total. The van der Waals surface area contributed by atoms with Crippen molar-refractivity contribution in [3.8, 4) is 0 Å². The summed E-state index contributed by atoms with van der Waals surface area (Å²) in [5, 5.41) is 2.58. The smallest absolute Gasteiger partial charge is 0.321 e. The number of nitrogens with zero attached hydrogens (tertiary/aromatic N) is 3. The molecule has 0 unspecified atom stereocenters. The topological polar surface area (TPSA) is 50.2 Å². The number of rotatable bonds is 1. The van der Waals surface area contributed by atoms with E-state index in [4.69, 9.17) is 0 Å². The molecule has 0 spiro atoms. The third-order valence-corrected chi connectivity index (χ3v) is 2.61. The van der Waals surface area contributed by atoms with Crippen LogP contribution in [0.15, 0.2) is 24.5 Å². The Kier molecular flexibility index (Phi) is 2.52. The number of aryl methyl sites for hydroxylation is 1. The van der Waals surface area contributed by atoms with Gasteiger partial charge in [0.05, 0.1) is 17.4 Å². The number of aromatic nitrogens is 2. The maximum absolute atomic E-state index is 11.4.